The highest BCUT2D eigenvalue weighted by Crippen LogP contribution is 2.41. The van der Waals surface area contributed by atoms with Gasteiger partial charge in [0.2, 0.25) is 0 Å². The maximum Gasteiger partial charge on any atom is 0.255 e. The minimum absolute atomic E-state index is 0.0868. The van der Waals surface area contributed by atoms with Crippen molar-refractivity contribution in [3.8, 4) is 0 Å². The molecule has 3 rings (SSSR count). The zero-order chi connectivity index (χ0) is 14.3. The van der Waals surface area contributed by atoms with Crippen LogP contribution in [-0.4, -0.2) is 21.3 Å². The van der Waals surface area contributed by atoms with Gasteiger partial charge >= 0.3 is 0 Å². The summed E-state index contributed by atoms with van der Waals surface area (Å²) < 4.78 is 0. The third-order valence-electron chi connectivity index (χ3n) is 3.65. The van der Waals surface area contributed by atoms with E-state index in [1.807, 2.05) is 47.4 Å². The first-order valence-corrected chi connectivity index (χ1v) is 6.83. The van der Waals surface area contributed by atoms with E-state index in [1.54, 1.807) is 6.20 Å². The van der Waals surface area contributed by atoms with Crippen LogP contribution in [0.5, 0.6) is 0 Å². The normalized spacial score (nSPS) is 18.2. The van der Waals surface area contributed by atoms with Crippen LogP contribution >= 0.6 is 0 Å². The largest absolute Gasteiger partial charge is 0.321 e. The third-order valence-corrected chi connectivity index (χ3v) is 3.65. The van der Waals surface area contributed by atoms with Gasteiger partial charge in [0, 0.05) is 17.3 Å². The second-order valence-electron chi connectivity index (χ2n) is 6.09. The van der Waals surface area contributed by atoms with Crippen molar-refractivity contribution in [2.24, 2.45) is 0 Å². The SMILES string of the molecule is CC(C)(C)N1C(=O)c2ccccc2C1c1ccccn1. The number of pyridine rings is 1. The van der Waals surface area contributed by atoms with Crippen molar-refractivity contribution in [1.82, 2.24) is 9.88 Å². The second-order valence-corrected chi connectivity index (χ2v) is 6.09. The number of amides is 1. The quantitative estimate of drug-likeness (QED) is 0.792. The molecule has 1 amide bonds. The van der Waals surface area contributed by atoms with Crippen LogP contribution in [0.3, 0.4) is 0 Å². The van der Waals surface area contributed by atoms with Crippen LogP contribution in [0, 0.1) is 0 Å². The molecule has 2 heterocycles. The lowest BCUT2D eigenvalue weighted by Crippen LogP contribution is -2.44. The molecular weight excluding hydrogens is 248 g/mol. The standard InChI is InChI=1S/C17H18N2O/c1-17(2,3)19-15(14-10-6-7-11-18-14)12-8-4-5-9-13(12)16(19)20/h4-11,15H,1-3H3. The zero-order valence-corrected chi connectivity index (χ0v) is 12.0. The Morgan fingerprint density at radius 1 is 1.05 bits per heavy atom. The molecule has 1 atom stereocenters. The summed E-state index contributed by atoms with van der Waals surface area (Å²) in [7, 11) is 0. The number of carbonyl (C=O) groups excluding carboxylic acids is 1. The molecule has 1 aliphatic rings. The van der Waals surface area contributed by atoms with Gasteiger partial charge < -0.3 is 4.90 Å². The predicted octanol–water partition coefficient (Wildman–Crippen LogP) is 3.43. The van der Waals surface area contributed by atoms with Gasteiger partial charge in [0.05, 0.1) is 5.69 Å². The molecule has 0 saturated heterocycles. The fourth-order valence-corrected chi connectivity index (χ4v) is 2.84. The monoisotopic (exact) mass is 266 g/mol. The van der Waals surface area contributed by atoms with Crippen molar-refractivity contribution >= 4 is 5.91 Å². The average Bonchev–Trinajstić information content (AvgIpc) is 2.74. The van der Waals surface area contributed by atoms with E-state index < -0.39 is 0 Å². The van der Waals surface area contributed by atoms with Crippen molar-refractivity contribution < 1.29 is 4.79 Å². The number of nitrogens with zero attached hydrogens (tertiary/aromatic N) is 2. The molecule has 3 heteroatoms. The van der Waals surface area contributed by atoms with E-state index in [-0.39, 0.29) is 17.5 Å². The Morgan fingerprint density at radius 3 is 2.40 bits per heavy atom. The maximum atomic E-state index is 12.7. The van der Waals surface area contributed by atoms with Crippen LogP contribution in [0.2, 0.25) is 0 Å². The number of rotatable bonds is 1. The lowest BCUT2D eigenvalue weighted by atomic mass is 9.99. The highest BCUT2D eigenvalue weighted by atomic mass is 16.2. The maximum absolute atomic E-state index is 12.7. The third kappa shape index (κ3) is 1.90. The van der Waals surface area contributed by atoms with Crippen molar-refractivity contribution in [1.29, 1.82) is 0 Å². The Kier molecular flexibility index (Phi) is 2.85. The van der Waals surface area contributed by atoms with E-state index in [0.29, 0.717) is 0 Å². The van der Waals surface area contributed by atoms with E-state index in [2.05, 4.69) is 25.8 Å². The van der Waals surface area contributed by atoms with Gasteiger partial charge in [-0.25, -0.2) is 0 Å². The topological polar surface area (TPSA) is 33.2 Å². The Balaban J connectivity index is 2.20. The minimum atomic E-state index is -0.252. The van der Waals surface area contributed by atoms with Crippen molar-refractivity contribution in [3.05, 3.63) is 65.5 Å². The number of hydrogen-bond donors (Lipinski definition) is 0. The predicted molar refractivity (Wildman–Crippen MR) is 78.4 cm³/mol. The van der Waals surface area contributed by atoms with Gasteiger partial charge in [-0.2, -0.15) is 0 Å². The molecule has 1 aromatic carbocycles. The molecule has 3 nitrogen and oxygen atoms in total. The van der Waals surface area contributed by atoms with E-state index in [4.69, 9.17) is 0 Å². The first-order chi connectivity index (χ1) is 9.50. The summed E-state index contributed by atoms with van der Waals surface area (Å²) in [5.74, 6) is 0.0868. The molecule has 0 aliphatic carbocycles. The summed E-state index contributed by atoms with van der Waals surface area (Å²) in [5, 5.41) is 0. The fourth-order valence-electron chi connectivity index (χ4n) is 2.84. The summed E-state index contributed by atoms with van der Waals surface area (Å²) in [6.45, 7) is 6.19. The Bertz CT molecular complexity index is 644. The highest BCUT2D eigenvalue weighted by Gasteiger charge is 2.43. The summed E-state index contributed by atoms with van der Waals surface area (Å²) in [6, 6.07) is 13.6. The Morgan fingerprint density at radius 2 is 1.75 bits per heavy atom. The van der Waals surface area contributed by atoms with Gasteiger partial charge in [-0.05, 0) is 44.5 Å². The molecule has 1 aromatic heterocycles. The molecule has 0 radical (unpaired) electrons. The van der Waals surface area contributed by atoms with Crippen LogP contribution in [-0.2, 0) is 0 Å². The summed E-state index contributed by atoms with van der Waals surface area (Å²) in [4.78, 5) is 19.1. The molecule has 20 heavy (non-hydrogen) atoms. The zero-order valence-electron chi connectivity index (χ0n) is 12.0. The van der Waals surface area contributed by atoms with E-state index >= 15 is 0 Å². The van der Waals surface area contributed by atoms with Gasteiger partial charge in [0.1, 0.15) is 6.04 Å². The van der Waals surface area contributed by atoms with Crippen molar-refractivity contribution in [2.75, 3.05) is 0 Å². The van der Waals surface area contributed by atoms with Crippen LogP contribution < -0.4 is 0 Å². The molecule has 1 unspecified atom stereocenters. The number of fused-ring (bicyclic) bond motifs is 1. The first-order valence-electron chi connectivity index (χ1n) is 6.83. The summed E-state index contributed by atoms with van der Waals surface area (Å²) in [6.07, 6.45) is 1.78. The van der Waals surface area contributed by atoms with Gasteiger partial charge in [-0.3, -0.25) is 9.78 Å². The smallest absolute Gasteiger partial charge is 0.255 e. The molecule has 2 aromatic rings. The van der Waals surface area contributed by atoms with Gasteiger partial charge in [0.25, 0.3) is 5.91 Å². The minimum Gasteiger partial charge on any atom is -0.321 e. The lowest BCUT2D eigenvalue weighted by Gasteiger charge is -2.37. The summed E-state index contributed by atoms with van der Waals surface area (Å²) >= 11 is 0. The number of aromatic nitrogens is 1. The van der Waals surface area contributed by atoms with Crippen molar-refractivity contribution in [3.63, 3.8) is 0 Å². The molecule has 0 bridgehead atoms. The van der Waals surface area contributed by atoms with E-state index in [9.17, 15) is 4.79 Å². The molecule has 0 N–H and O–H groups in total. The van der Waals surface area contributed by atoms with Crippen molar-refractivity contribution in [2.45, 2.75) is 32.4 Å². The highest BCUT2D eigenvalue weighted by molar-refractivity contribution is 6.00. The Labute approximate surface area is 119 Å². The van der Waals surface area contributed by atoms with Gasteiger partial charge in [-0.1, -0.05) is 24.3 Å². The van der Waals surface area contributed by atoms with Gasteiger partial charge in [-0.15, -0.1) is 0 Å². The average molecular weight is 266 g/mol. The molecule has 0 saturated carbocycles. The molecule has 1 aliphatic heterocycles. The number of carbonyl (C=O) groups is 1. The van der Waals surface area contributed by atoms with Gasteiger partial charge in [0.15, 0.2) is 0 Å². The van der Waals surface area contributed by atoms with Crippen LogP contribution in [0.25, 0.3) is 0 Å². The van der Waals surface area contributed by atoms with E-state index in [1.165, 1.54) is 0 Å². The van der Waals surface area contributed by atoms with Crippen LogP contribution in [0.1, 0.15) is 48.4 Å². The number of hydrogen-bond acceptors (Lipinski definition) is 2. The molecule has 102 valence electrons. The fraction of sp³-hybridized carbons (Fsp3) is 0.294. The Hall–Kier alpha value is -2.16. The molecule has 0 spiro atoms. The number of benzene rings is 1. The molecular formula is C17H18N2O. The van der Waals surface area contributed by atoms with E-state index in [0.717, 1.165) is 16.8 Å². The molecule has 0 fully saturated rings. The first kappa shape index (κ1) is 12.9. The van der Waals surface area contributed by atoms with Crippen LogP contribution in [0.15, 0.2) is 48.7 Å². The lowest BCUT2D eigenvalue weighted by molar-refractivity contribution is 0.0547. The summed E-state index contributed by atoms with van der Waals surface area (Å²) in [5.41, 5.74) is 2.50. The second kappa shape index (κ2) is 4.44. The van der Waals surface area contributed by atoms with Crippen LogP contribution in [0.4, 0.5) is 0 Å².